The zero-order chi connectivity index (χ0) is 19.3. The van der Waals surface area contributed by atoms with E-state index in [1.54, 1.807) is 0 Å². The molecule has 4 heteroatoms. The number of hydrogen-bond donors (Lipinski definition) is 1. The van der Waals surface area contributed by atoms with Crippen molar-refractivity contribution >= 4 is 12.0 Å². The first-order chi connectivity index (χ1) is 12.3. The van der Waals surface area contributed by atoms with Crippen LogP contribution in [-0.4, -0.2) is 23.8 Å². The van der Waals surface area contributed by atoms with Crippen LogP contribution in [0, 0.1) is 0 Å². The largest absolute Gasteiger partial charge is 0.506 e. The highest BCUT2D eigenvalue weighted by molar-refractivity contribution is 5.96. The number of esters is 1. The zero-order valence-electron chi connectivity index (χ0n) is 16.5. The summed E-state index contributed by atoms with van der Waals surface area (Å²) in [6.45, 7) is 8.31. The van der Waals surface area contributed by atoms with Crippen LogP contribution in [0.4, 0.5) is 0 Å². The normalized spacial score (nSPS) is 18.0. The minimum atomic E-state index is -0.512. The van der Waals surface area contributed by atoms with Gasteiger partial charge in [0.1, 0.15) is 22.7 Å². The Hall–Kier alpha value is -2.23. The van der Waals surface area contributed by atoms with E-state index in [1.165, 1.54) is 12.7 Å². The third kappa shape index (κ3) is 4.48. The van der Waals surface area contributed by atoms with Crippen LogP contribution in [0.3, 0.4) is 0 Å². The number of carbonyl (C=O) groups excluding carboxylic acids is 1. The average Bonchev–Trinajstić information content (AvgIpc) is 2.58. The second kappa shape index (κ2) is 8.43. The van der Waals surface area contributed by atoms with Gasteiger partial charge >= 0.3 is 5.97 Å². The molecule has 0 saturated carbocycles. The van der Waals surface area contributed by atoms with Crippen molar-refractivity contribution in [1.29, 1.82) is 0 Å². The topological polar surface area (TPSA) is 55.8 Å². The van der Waals surface area contributed by atoms with Crippen LogP contribution in [-0.2, 0) is 11.2 Å². The summed E-state index contributed by atoms with van der Waals surface area (Å²) in [6.07, 6.45) is 10.4. The van der Waals surface area contributed by atoms with Crippen LogP contribution < -0.4 is 4.74 Å². The fourth-order valence-corrected chi connectivity index (χ4v) is 3.18. The molecule has 1 N–H and O–H groups in total. The van der Waals surface area contributed by atoms with Gasteiger partial charge in [-0.1, -0.05) is 25.0 Å². The lowest BCUT2D eigenvalue weighted by atomic mass is 9.91. The molecule has 1 unspecified atom stereocenters. The maximum absolute atomic E-state index is 12.2. The maximum Gasteiger partial charge on any atom is 0.341 e. The van der Waals surface area contributed by atoms with Crippen molar-refractivity contribution in [3.05, 3.63) is 40.5 Å². The summed E-state index contributed by atoms with van der Waals surface area (Å²) in [6, 6.07) is 1.89. The number of unbranched alkanes of at least 4 members (excludes halogenated alkanes) is 1. The van der Waals surface area contributed by atoms with Gasteiger partial charge in [-0.25, -0.2) is 4.79 Å². The van der Waals surface area contributed by atoms with E-state index in [4.69, 9.17) is 9.47 Å². The summed E-state index contributed by atoms with van der Waals surface area (Å²) in [5.74, 6) is 0.0632. The molecule has 0 saturated heterocycles. The van der Waals surface area contributed by atoms with Crippen molar-refractivity contribution < 1.29 is 19.4 Å². The Labute approximate surface area is 156 Å². The number of phenols is 1. The summed E-state index contributed by atoms with van der Waals surface area (Å²) in [5.41, 5.74) is 2.43. The van der Waals surface area contributed by atoms with Gasteiger partial charge in [0.2, 0.25) is 0 Å². The van der Waals surface area contributed by atoms with Crippen molar-refractivity contribution in [2.75, 3.05) is 7.11 Å². The first kappa shape index (κ1) is 20.1. The third-order valence-corrected chi connectivity index (χ3v) is 4.71. The molecule has 1 aliphatic rings. The minimum absolute atomic E-state index is 0.0527. The molecular formula is C22H30O4. The Morgan fingerprint density at radius 2 is 2.12 bits per heavy atom. The van der Waals surface area contributed by atoms with Crippen molar-refractivity contribution in [3.8, 4) is 11.5 Å². The molecule has 0 aromatic heterocycles. The zero-order valence-corrected chi connectivity index (χ0v) is 16.5. The van der Waals surface area contributed by atoms with Crippen LogP contribution in [0.15, 0.2) is 23.8 Å². The molecule has 0 amide bonds. The molecular weight excluding hydrogens is 328 g/mol. The van der Waals surface area contributed by atoms with Crippen LogP contribution in [0.5, 0.6) is 11.5 Å². The second-order valence-corrected chi connectivity index (χ2v) is 7.33. The van der Waals surface area contributed by atoms with Crippen molar-refractivity contribution in [2.45, 2.75) is 65.4 Å². The van der Waals surface area contributed by atoms with Crippen LogP contribution in [0.2, 0.25) is 0 Å². The molecule has 1 aromatic carbocycles. The molecule has 1 atom stereocenters. The number of ether oxygens (including phenoxy) is 2. The van der Waals surface area contributed by atoms with Gasteiger partial charge in [0.05, 0.1) is 12.7 Å². The number of rotatable bonds is 7. The monoisotopic (exact) mass is 358 g/mol. The fourth-order valence-electron chi connectivity index (χ4n) is 3.18. The van der Waals surface area contributed by atoms with E-state index >= 15 is 0 Å². The SMILES string of the molecule is CCCCc1cc2c(c(O)c1C(=O)OC)C=CC(C)(CCC=C(C)C)O2. The first-order valence-electron chi connectivity index (χ1n) is 9.30. The van der Waals surface area contributed by atoms with E-state index in [9.17, 15) is 9.90 Å². The van der Waals surface area contributed by atoms with Crippen LogP contribution in [0.1, 0.15) is 74.9 Å². The standard InChI is InChI=1S/C22H30O4/c1-6-7-10-16-14-18-17(20(23)19(16)21(24)25-5)11-13-22(4,26-18)12-8-9-15(2)3/h9,11,13-14,23H,6-8,10,12H2,1-5H3. The number of hydrogen-bond acceptors (Lipinski definition) is 4. The van der Waals surface area contributed by atoms with E-state index in [2.05, 4.69) is 26.8 Å². The molecule has 2 rings (SSSR count). The van der Waals surface area contributed by atoms with E-state index in [1.807, 2.05) is 25.1 Å². The molecule has 26 heavy (non-hydrogen) atoms. The number of aryl methyl sites for hydroxylation is 1. The number of phenolic OH excluding ortho intramolecular Hbond substituents is 1. The first-order valence-corrected chi connectivity index (χ1v) is 9.30. The quantitative estimate of drug-likeness (QED) is 0.521. The van der Waals surface area contributed by atoms with Crippen LogP contribution >= 0.6 is 0 Å². The van der Waals surface area contributed by atoms with E-state index in [0.717, 1.165) is 31.2 Å². The number of benzene rings is 1. The summed E-state index contributed by atoms with van der Waals surface area (Å²) in [4.78, 5) is 12.2. The van der Waals surface area contributed by atoms with E-state index in [0.29, 0.717) is 17.7 Å². The highest BCUT2D eigenvalue weighted by atomic mass is 16.5. The highest BCUT2D eigenvalue weighted by Gasteiger charge is 2.31. The van der Waals surface area contributed by atoms with Gasteiger partial charge in [-0.2, -0.15) is 0 Å². The van der Waals surface area contributed by atoms with E-state index < -0.39 is 11.6 Å². The molecule has 1 aliphatic heterocycles. The van der Waals surface area contributed by atoms with E-state index in [-0.39, 0.29) is 11.3 Å². The summed E-state index contributed by atoms with van der Waals surface area (Å²) >= 11 is 0. The molecule has 0 bridgehead atoms. The molecule has 0 spiro atoms. The van der Waals surface area contributed by atoms with Gasteiger partial charge in [0, 0.05) is 0 Å². The molecule has 1 aromatic rings. The smallest absolute Gasteiger partial charge is 0.341 e. The van der Waals surface area contributed by atoms with Gasteiger partial charge < -0.3 is 14.6 Å². The lowest BCUT2D eigenvalue weighted by molar-refractivity contribution is 0.0595. The Kier molecular flexibility index (Phi) is 6.52. The van der Waals surface area contributed by atoms with Crippen molar-refractivity contribution in [3.63, 3.8) is 0 Å². The van der Waals surface area contributed by atoms with Crippen LogP contribution in [0.25, 0.3) is 6.08 Å². The predicted molar refractivity (Wildman–Crippen MR) is 105 cm³/mol. The Morgan fingerprint density at radius 1 is 1.38 bits per heavy atom. The average molecular weight is 358 g/mol. The van der Waals surface area contributed by atoms with Gasteiger partial charge in [-0.15, -0.1) is 0 Å². The Bertz CT molecular complexity index is 726. The Balaban J connectivity index is 2.39. The number of carbonyl (C=O) groups is 1. The lowest BCUT2D eigenvalue weighted by Crippen LogP contribution is -2.32. The Morgan fingerprint density at radius 3 is 2.73 bits per heavy atom. The minimum Gasteiger partial charge on any atom is -0.506 e. The summed E-state index contributed by atoms with van der Waals surface area (Å²) in [5, 5.41) is 10.7. The maximum atomic E-state index is 12.2. The molecule has 142 valence electrons. The molecule has 1 heterocycles. The third-order valence-electron chi connectivity index (χ3n) is 4.71. The molecule has 0 aliphatic carbocycles. The number of aromatic hydroxyl groups is 1. The van der Waals surface area contributed by atoms with Gasteiger partial charge in [-0.3, -0.25) is 0 Å². The number of methoxy groups -OCH3 is 1. The molecule has 0 fully saturated rings. The summed E-state index contributed by atoms with van der Waals surface area (Å²) < 4.78 is 11.1. The van der Waals surface area contributed by atoms with Crippen molar-refractivity contribution in [1.82, 2.24) is 0 Å². The van der Waals surface area contributed by atoms with Gasteiger partial charge in [0.15, 0.2) is 0 Å². The molecule has 0 radical (unpaired) electrons. The molecule has 4 nitrogen and oxygen atoms in total. The fraction of sp³-hybridized carbons (Fsp3) is 0.500. The second-order valence-electron chi connectivity index (χ2n) is 7.33. The highest BCUT2D eigenvalue weighted by Crippen LogP contribution is 2.42. The number of allylic oxidation sites excluding steroid dienone is 2. The summed E-state index contributed by atoms with van der Waals surface area (Å²) in [7, 11) is 1.33. The lowest BCUT2D eigenvalue weighted by Gasteiger charge is -2.32. The van der Waals surface area contributed by atoms with Gasteiger partial charge in [-0.05, 0) is 70.2 Å². The number of fused-ring (bicyclic) bond motifs is 1. The predicted octanol–water partition coefficient (Wildman–Crippen LogP) is 5.43. The van der Waals surface area contributed by atoms with Crippen molar-refractivity contribution in [2.24, 2.45) is 0 Å². The van der Waals surface area contributed by atoms with Gasteiger partial charge in [0.25, 0.3) is 0 Å².